The van der Waals surface area contributed by atoms with Crippen molar-refractivity contribution in [3.8, 4) is 5.75 Å². The molecule has 1 aromatic rings. The molecule has 2 N–H and O–H groups in total. The van der Waals surface area contributed by atoms with Crippen LogP contribution in [0.5, 0.6) is 5.75 Å². The Morgan fingerprint density at radius 3 is 2.70 bits per heavy atom. The number of halogens is 1. The highest BCUT2D eigenvalue weighted by atomic mass is 35.5. The van der Waals surface area contributed by atoms with E-state index >= 15 is 0 Å². The van der Waals surface area contributed by atoms with Gasteiger partial charge in [0.05, 0.1) is 17.7 Å². The second-order valence-corrected chi connectivity index (χ2v) is 5.48. The first-order valence-electron chi connectivity index (χ1n) is 7.00. The lowest BCUT2D eigenvalue weighted by Gasteiger charge is -2.24. The summed E-state index contributed by atoms with van der Waals surface area (Å²) in [6.45, 7) is 0.855. The van der Waals surface area contributed by atoms with Crippen molar-refractivity contribution in [3.05, 3.63) is 29.3 Å². The Balaban J connectivity index is 1.66. The van der Waals surface area contributed by atoms with Crippen molar-refractivity contribution >= 4 is 17.5 Å². The smallest absolute Gasteiger partial charge is 0.223 e. The van der Waals surface area contributed by atoms with Gasteiger partial charge in [-0.05, 0) is 37.8 Å². The molecule has 0 atom stereocenters. The van der Waals surface area contributed by atoms with E-state index in [0.29, 0.717) is 36.8 Å². The van der Waals surface area contributed by atoms with Crippen molar-refractivity contribution in [3.63, 3.8) is 0 Å². The van der Waals surface area contributed by atoms with E-state index < -0.39 is 0 Å². The average molecular weight is 298 g/mol. The standard InChI is InChI=1S/C15H20ClNO3/c16-13-3-1-2-4-14(13)20-10-9-17-15(19)11-5-7-12(18)8-6-11/h1-4,11-12,18H,5-10H2,(H,17,19). The second-order valence-electron chi connectivity index (χ2n) is 5.08. The van der Waals surface area contributed by atoms with Crippen molar-refractivity contribution in [1.82, 2.24) is 5.32 Å². The Hall–Kier alpha value is -1.26. The van der Waals surface area contributed by atoms with E-state index in [1.165, 1.54) is 0 Å². The molecule has 5 heteroatoms. The summed E-state index contributed by atoms with van der Waals surface area (Å²) in [4.78, 5) is 11.9. The van der Waals surface area contributed by atoms with Gasteiger partial charge >= 0.3 is 0 Å². The molecule has 1 amide bonds. The quantitative estimate of drug-likeness (QED) is 0.821. The highest BCUT2D eigenvalue weighted by Gasteiger charge is 2.24. The van der Waals surface area contributed by atoms with Crippen LogP contribution in [0.1, 0.15) is 25.7 Å². The van der Waals surface area contributed by atoms with Crippen molar-refractivity contribution < 1.29 is 14.6 Å². The number of hydrogen-bond donors (Lipinski definition) is 2. The van der Waals surface area contributed by atoms with Crippen LogP contribution in [0.2, 0.25) is 5.02 Å². The monoisotopic (exact) mass is 297 g/mol. The summed E-state index contributed by atoms with van der Waals surface area (Å²) < 4.78 is 5.50. The Kier molecular flexibility index (Phi) is 5.68. The first-order chi connectivity index (χ1) is 9.66. The van der Waals surface area contributed by atoms with Gasteiger partial charge in [0.1, 0.15) is 12.4 Å². The van der Waals surface area contributed by atoms with Crippen LogP contribution < -0.4 is 10.1 Å². The Labute approximate surface area is 124 Å². The molecule has 0 unspecified atom stereocenters. The van der Waals surface area contributed by atoms with Gasteiger partial charge in [-0.15, -0.1) is 0 Å². The maximum absolute atomic E-state index is 11.9. The maximum Gasteiger partial charge on any atom is 0.223 e. The minimum absolute atomic E-state index is 0.0266. The van der Waals surface area contributed by atoms with Crippen LogP contribution in [0.15, 0.2) is 24.3 Å². The molecule has 4 nitrogen and oxygen atoms in total. The van der Waals surface area contributed by atoms with Gasteiger partial charge < -0.3 is 15.2 Å². The van der Waals surface area contributed by atoms with Gasteiger partial charge in [-0.1, -0.05) is 23.7 Å². The van der Waals surface area contributed by atoms with E-state index in [4.69, 9.17) is 16.3 Å². The molecule has 0 spiro atoms. The minimum Gasteiger partial charge on any atom is -0.490 e. The van der Waals surface area contributed by atoms with Crippen LogP contribution in [0, 0.1) is 5.92 Å². The zero-order valence-corrected chi connectivity index (χ0v) is 12.1. The van der Waals surface area contributed by atoms with E-state index in [1.54, 1.807) is 12.1 Å². The third-order valence-corrected chi connectivity index (χ3v) is 3.88. The van der Waals surface area contributed by atoms with E-state index in [-0.39, 0.29) is 17.9 Å². The molecule has 0 saturated heterocycles. The zero-order valence-electron chi connectivity index (χ0n) is 11.3. The number of carbonyl (C=O) groups is 1. The molecule has 0 radical (unpaired) electrons. The number of rotatable bonds is 5. The highest BCUT2D eigenvalue weighted by molar-refractivity contribution is 6.32. The van der Waals surface area contributed by atoms with E-state index in [0.717, 1.165) is 12.8 Å². The Bertz CT molecular complexity index is 444. The molecule has 1 saturated carbocycles. The molecule has 110 valence electrons. The lowest BCUT2D eigenvalue weighted by molar-refractivity contribution is -0.126. The third kappa shape index (κ3) is 4.39. The van der Waals surface area contributed by atoms with Gasteiger partial charge in [0, 0.05) is 5.92 Å². The number of carbonyl (C=O) groups excluding carboxylic acids is 1. The van der Waals surface area contributed by atoms with Crippen molar-refractivity contribution in [2.75, 3.05) is 13.2 Å². The summed E-state index contributed by atoms with van der Waals surface area (Å²) >= 11 is 5.97. The second kappa shape index (κ2) is 7.50. The van der Waals surface area contributed by atoms with Crippen LogP contribution in [-0.4, -0.2) is 30.3 Å². The predicted molar refractivity (Wildman–Crippen MR) is 77.9 cm³/mol. The van der Waals surface area contributed by atoms with Crippen molar-refractivity contribution in [2.45, 2.75) is 31.8 Å². The number of aliphatic hydroxyl groups excluding tert-OH is 1. The van der Waals surface area contributed by atoms with Gasteiger partial charge in [0.15, 0.2) is 0 Å². The molecular formula is C15H20ClNO3. The van der Waals surface area contributed by atoms with Crippen LogP contribution in [0.4, 0.5) is 0 Å². The first kappa shape index (κ1) is 15.1. The maximum atomic E-state index is 11.9. The minimum atomic E-state index is -0.234. The summed E-state index contributed by atoms with van der Waals surface area (Å²) in [5, 5.41) is 12.8. The van der Waals surface area contributed by atoms with Gasteiger partial charge in [0.2, 0.25) is 5.91 Å². The summed E-state index contributed by atoms with van der Waals surface area (Å²) in [6.07, 6.45) is 2.72. The van der Waals surface area contributed by atoms with Gasteiger partial charge in [0.25, 0.3) is 0 Å². The lowest BCUT2D eigenvalue weighted by Crippen LogP contribution is -2.36. The molecule has 1 aliphatic carbocycles. The highest BCUT2D eigenvalue weighted by Crippen LogP contribution is 2.24. The average Bonchev–Trinajstić information content (AvgIpc) is 2.46. The number of aliphatic hydroxyl groups is 1. The fourth-order valence-electron chi connectivity index (χ4n) is 2.38. The SMILES string of the molecule is O=C(NCCOc1ccccc1Cl)C1CCC(O)CC1. The molecule has 0 aromatic heterocycles. The number of ether oxygens (including phenoxy) is 1. The molecule has 2 rings (SSSR count). The third-order valence-electron chi connectivity index (χ3n) is 3.56. The van der Waals surface area contributed by atoms with Gasteiger partial charge in [-0.2, -0.15) is 0 Å². The number of para-hydroxylation sites is 1. The molecule has 0 heterocycles. The number of hydrogen-bond acceptors (Lipinski definition) is 3. The van der Waals surface area contributed by atoms with Crippen molar-refractivity contribution in [2.24, 2.45) is 5.92 Å². The Morgan fingerprint density at radius 1 is 1.30 bits per heavy atom. The predicted octanol–water partition coefficient (Wildman–Crippen LogP) is 2.39. The van der Waals surface area contributed by atoms with Gasteiger partial charge in [-0.3, -0.25) is 4.79 Å². The van der Waals surface area contributed by atoms with Crippen LogP contribution >= 0.6 is 11.6 Å². The summed E-state index contributed by atoms with van der Waals surface area (Å²) in [5.74, 6) is 0.711. The molecule has 1 fully saturated rings. The van der Waals surface area contributed by atoms with E-state index in [2.05, 4.69) is 5.32 Å². The fourth-order valence-corrected chi connectivity index (χ4v) is 2.57. The normalized spacial score (nSPS) is 22.3. The molecule has 20 heavy (non-hydrogen) atoms. The first-order valence-corrected chi connectivity index (χ1v) is 7.37. The molecule has 0 bridgehead atoms. The number of benzene rings is 1. The Morgan fingerprint density at radius 2 is 2.00 bits per heavy atom. The lowest BCUT2D eigenvalue weighted by atomic mass is 9.87. The summed E-state index contributed by atoms with van der Waals surface area (Å²) in [6, 6.07) is 7.26. The number of nitrogens with one attached hydrogen (secondary N) is 1. The van der Waals surface area contributed by atoms with Crippen molar-refractivity contribution in [1.29, 1.82) is 0 Å². The molecule has 0 aliphatic heterocycles. The fraction of sp³-hybridized carbons (Fsp3) is 0.533. The van der Waals surface area contributed by atoms with Gasteiger partial charge in [-0.25, -0.2) is 0 Å². The van der Waals surface area contributed by atoms with E-state index in [1.807, 2.05) is 12.1 Å². The largest absolute Gasteiger partial charge is 0.490 e. The molecule has 1 aliphatic rings. The molecule has 1 aromatic carbocycles. The summed E-state index contributed by atoms with van der Waals surface area (Å²) in [5.41, 5.74) is 0. The van der Waals surface area contributed by atoms with Crippen LogP contribution in [0.3, 0.4) is 0 Å². The topological polar surface area (TPSA) is 58.6 Å². The van der Waals surface area contributed by atoms with E-state index in [9.17, 15) is 9.90 Å². The summed E-state index contributed by atoms with van der Waals surface area (Å²) in [7, 11) is 0. The molecular weight excluding hydrogens is 278 g/mol. The number of amides is 1. The zero-order chi connectivity index (χ0) is 14.4. The van der Waals surface area contributed by atoms with Crippen LogP contribution in [-0.2, 0) is 4.79 Å². The van der Waals surface area contributed by atoms with Crippen LogP contribution in [0.25, 0.3) is 0 Å².